The second-order valence-electron chi connectivity index (χ2n) is 6.72. The van der Waals surface area contributed by atoms with Crippen LogP contribution in [-0.4, -0.2) is 60.4 Å². The fourth-order valence-corrected chi connectivity index (χ4v) is 3.59. The second kappa shape index (κ2) is 6.23. The number of piperidine rings is 1. The molecule has 124 valence electrons. The maximum absolute atomic E-state index is 12.6. The molecular formula is C18H24N2O3. The molecule has 3 heterocycles. The van der Waals surface area contributed by atoms with Gasteiger partial charge in [-0.25, -0.2) is 0 Å². The van der Waals surface area contributed by atoms with Gasteiger partial charge in [-0.05, 0) is 12.0 Å². The number of hydrogen-bond acceptors (Lipinski definition) is 4. The Bertz CT molecular complexity index is 547. The van der Waals surface area contributed by atoms with Gasteiger partial charge in [-0.3, -0.25) is 9.69 Å². The standard InChI is InChI=1S/C18H24N2O3/c21-17(16-14-20(16)13-15-5-2-1-3-6-15)19-9-7-18(8-10-19)22-11-4-12-23-18/h1-3,5-6,16H,4,7-14H2. The van der Waals surface area contributed by atoms with E-state index in [4.69, 9.17) is 9.47 Å². The molecule has 23 heavy (non-hydrogen) atoms. The van der Waals surface area contributed by atoms with E-state index >= 15 is 0 Å². The third kappa shape index (κ3) is 3.27. The van der Waals surface area contributed by atoms with Crippen LogP contribution < -0.4 is 0 Å². The van der Waals surface area contributed by atoms with Crippen LogP contribution >= 0.6 is 0 Å². The highest BCUT2D eigenvalue weighted by Gasteiger charge is 2.45. The lowest BCUT2D eigenvalue weighted by Crippen LogP contribution is -2.52. The van der Waals surface area contributed by atoms with Gasteiger partial charge in [0.25, 0.3) is 0 Å². The van der Waals surface area contributed by atoms with Crippen LogP contribution in [0.25, 0.3) is 0 Å². The van der Waals surface area contributed by atoms with Crippen LogP contribution in [0.5, 0.6) is 0 Å². The molecule has 1 spiro atoms. The summed E-state index contributed by atoms with van der Waals surface area (Å²) in [6.45, 7) is 4.79. The van der Waals surface area contributed by atoms with Crippen LogP contribution in [0, 0.1) is 0 Å². The zero-order valence-corrected chi connectivity index (χ0v) is 13.4. The molecule has 4 rings (SSSR count). The highest BCUT2D eigenvalue weighted by molar-refractivity contribution is 5.84. The van der Waals surface area contributed by atoms with E-state index < -0.39 is 5.79 Å². The predicted octanol–water partition coefficient (Wildman–Crippen LogP) is 1.63. The number of hydrogen-bond donors (Lipinski definition) is 0. The van der Waals surface area contributed by atoms with Gasteiger partial charge in [0.2, 0.25) is 5.91 Å². The highest BCUT2D eigenvalue weighted by Crippen LogP contribution is 2.32. The molecule has 2 unspecified atom stereocenters. The van der Waals surface area contributed by atoms with Crippen molar-refractivity contribution in [3.8, 4) is 0 Å². The average molecular weight is 316 g/mol. The lowest BCUT2D eigenvalue weighted by molar-refractivity contribution is -0.282. The van der Waals surface area contributed by atoms with Crippen molar-refractivity contribution < 1.29 is 14.3 Å². The lowest BCUT2D eigenvalue weighted by atomic mass is 10.0. The van der Waals surface area contributed by atoms with Gasteiger partial charge in [0, 0.05) is 39.0 Å². The van der Waals surface area contributed by atoms with E-state index in [9.17, 15) is 4.79 Å². The van der Waals surface area contributed by atoms with E-state index in [1.807, 2.05) is 23.1 Å². The van der Waals surface area contributed by atoms with E-state index in [0.29, 0.717) is 0 Å². The second-order valence-corrected chi connectivity index (χ2v) is 6.72. The smallest absolute Gasteiger partial charge is 0.241 e. The highest BCUT2D eigenvalue weighted by atomic mass is 16.7. The van der Waals surface area contributed by atoms with Gasteiger partial charge >= 0.3 is 0 Å². The van der Waals surface area contributed by atoms with Gasteiger partial charge in [-0.15, -0.1) is 0 Å². The third-order valence-electron chi connectivity index (χ3n) is 5.08. The predicted molar refractivity (Wildman–Crippen MR) is 85.7 cm³/mol. The zero-order chi connectivity index (χ0) is 15.7. The Balaban J connectivity index is 1.28. The number of carbonyl (C=O) groups is 1. The first-order chi connectivity index (χ1) is 11.3. The summed E-state index contributed by atoms with van der Waals surface area (Å²) in [7, 11) is 0. The summed E-state index contributed by atoms with van der Waals surface area (Å²) in [5.41, 5.74) is 1.27. The van der Waals surface area contributed by atoms with E-state index in [1.54, 1.807) is 0 Å². The summed E-state index contributed by atoms with van der Waals surface area (Å²) in [5.74, 6) is -0.144. The van der Waals surface area contributed by atoms with Crippen molar-refractivity contribution in [2.75, 3.05) is 32.8 Å². The number of amides is 1. The number of carbonyl (C=O) groups excluding carboxylic acids is 1. The molecule has 1 aromatic rings. The third-order valence-corrected chi connectivity index (χ3v) is 5.08. The number of nitrogens with zero attached hydrogens (tertiary/aromatic N) is 2. The minimum Gasteiger partial charge on any atom is -0.350 e. The Morgan fingerprint density at radius 1 is 1.13 bits per heavy atom. The first-order valence-corrected chi connectivity index (χ1v) is 8.60. The quantitative estimate of drug-likeness (QED) is 0.795. The monoisotopic (exact) mass is 316 g/mol. The Morgan fingerprint density at radius 3 is 2.52 bits per heavy atom. The molecule has 1 amide bonds. The van der Waals surface area contributed by atoms with Crippen LogP contribution in [0.3, 0.4) is 0 Å². The molecule has 3 aliphatic heterocycles. The van der Waals surface area contributed by atoms with Gasteiger partial charge in [0.15, 0.2) is 5.79 Å². The first-order valence-electron chi connectivity index (χ1n) is 8.60. The van der Waals surface area contributed by atoms with E-state index in [0.717, 1.165) is 58.7 Å². The molecule has 0 aromatic heterocycles. The lowest BCUT2D eigenvalue weighted by Gasteiger charge is -2.43. The molecule has 0 saturated carbocycles. The van der Waals surface area contributed by atoms with Gasteiger partial charge in [0.05, 0.1) is 13.2 Å². The van der Waals surface area contributed by atoms with Gasteiger partial charge in [-0.2, -0.15) is 0 Å². The maximum Gasteiger partial charge on any atom is 0.241 e. The van der Waals surface area contributed by atoms with Crippen molar-refractivity contribution in [1.29, 1.82) is 0 Å². The molecule has 0 aliphatic carbocycles. The Hall–Kier alpha value is -1.43. The summed E-state index contributed by atoms with van der Waals surface area (Å²) >= 11 is 0. The van der Waals surface area contributed by atoms with Crippen molar-refractivity contribution in [2.24, 2.45) is 0 Å². The van der Waals surface area contributed by atoms with Crippen LogP contribution in [-0.2, 0) is 20.8 Å². The average Bonchev–Trinajstić information content (AvgIpc) is 3.36. The summed E-state index contributed by atoms with van der Waals surface area (Å²) in [6, 6.07) is 10.4. The molecule has 2 atom stereocenters. The van der Waals surface area contributed by atoms with E-state index in [1.165, 1.54) is 5.56 Å². The van der Waals surface area contributed by atoms with E-state index in [2.05, 4.69) is 17.0 Å². The van der Waals surface area contributed by atoms with Crippen LogP contribution in [0.2, 0.25) is 0 Å². The number of likely N-dealkylation sites (tertiary alicyclic amines) is 1. The van der Waals surface area contributed by atoms with E-state index in [-0.39, 0.29) is 11.9 Å². The summed E-state index contributed by atoms with van der Waals surface area (Å²) in [4.78, 5) is 16.9. The summed E-state index contributed by atoms with van der Waals surface area (Å²) in [5, 5.41) is 0. The minimum absolute atomic E-state index is 0.0671. The molecule has 3 saturated heterocycles. The Kier molecular flexibility index (Phi) is 4.09. The molecule has 1 aromatic carbocycles. The molecule has 3 aliphatic rings. The van der Waals surface area contributed by atoms with Crippen LogP contribution in [0.15, 0.2) is 30.3 Å². The topological polar surface area (TPSA) is 41.8 Å². The number of benzene rings is 1. The number of rotatable bonds is 3. The fourth-order valence-electron chi connectivity index (χ4n) is 3.59. The van der Waals surface area contributed by atoms with Crippen LogP contribution in [0.4, 0.5) is 0 Å². The zero-order valence-electron chi connectivity index (χ0n) is 13.4. The number of ether oxygens (including phenoxy) is 2. The van der Waals surface area contributed by atoms with Crippen molar-refractivity contribution >= 4 is 5.91 Å². The van der Waals surface area contributed by atoms with Crippen molar-refractivity contribution in [2.45, 2.75) is 37.6 Å². The van der Waals surface area contributed by atoms with Gasteiger partial charge < -0.3 is 14.4 Å². The fraction of sp³-hybridized carbons (Fsp3) is 0.611. The summed E-state index contributed by atoms with van der Waals surface area (Å²) < 4.78 is 11.7. The molecule has 5 nitrogen and oxygen atoms in total. The maximum atomic E-state index is 12.6. The molecule has 3 fully saturated rings. The van der Waals surface area contributed by atoms with Crippen molar-refractivity contribution in [1.82, 2.24) is 9.80 Å². The SMILES string of the molecule is O=C(C1CN1Cc1ccccc1)N1CCC2(CC1)OCCCO2. The van der Waals surface area contributed by atoms with Crippen molar-refractivity contribution in [3.63, 3.8) is 0 Å². The Morgan fingerprint density at radius 2 is 1.83 bits per heavy atom. The van der Waals surface area contributed by atoms with Gasteiger partial charge in [0.1, 0.15) is 6.04 Å². The molecular weight excluding hydrogens is 292 g/mol. The van der Waals surface area contributed by atoms with Crippen LogP contribution in [0.1, 0.15) is 24.8 Å². The molecule has 0 bridgehead atoms. The molecule has 5 heteroatoms. The van der Waals surface area contributed by atoms with Gasteiger partial charge in [-0.1, -0.05) is 30.3 Å². The molecule has 0 N–H and O–H groups in total. The first kappa shape index (κ1) is 15.1. The normalized spacial score (nSPS) is 29.5. The van der Waals surface area contributed by atoms with Crippen molar-refractivity contribution in [3.05, 3.63) is 35.9 Å². The molecule has 0 radical (unpaired) electrons. The Labute approximate surface area is 137 Å². The minimum atomic E-state index is -0.414. The summed E-state index contributed by atoms with van der Waals surface area (Å²) in [6.07, 6.45) is 2.56. The largest absolute Gasteiger partial charge is 0.350 e.